The lowest BCUT2D eigenvalue weighted by Crippen LogP contribution is -2.11. The molecular weight excluding hydrogens is 152 g/mol. The van der Waals surface area contributed by atoms with Crippen LogP contribution in [0.3, 0.4) is 0 Å². The van der Waals surface area contributed by atoms with Crippen molar-refractivity contribution in [3.63, 3.8) is 0 Å². The van der Waals surface area contributed by atoms with Crippen LogP contribution in [0.25, 0.3) is 0 Å². The highest BCUT2D eigenvalue weighted by Gasteiger charge is 2.23. The summed E-state index contributed by atoms with van der Waals surface area (Å²) in [5.41, 5.74) is 1.90. The predicted octanol–water partition coefficient (Wildman–Crippen LogP) is 1.77. The van der Waals surface area contributed by atoms with Gasteiger partial charge in [0, 0.05) is 6.42 Å². The second kappa shape index (κ2) is 3.39. The molecule has 0 aliphatic heterocycles. The van der Waals surface area contributed by atoms with Crippen LogP contribution < -0.4 is 0 Å². The number of rotatable bonds is 1. The molecule has 0 bridgehead atoms. The second-order valence-corrected chi connectivity index (χ2v) is 2.66. The van der Waals surface area contributed by atoms with E-state index in [0.29, 0.717) is 0 Å². The molecule has 1 aliphatic carbocycles. The Morgan fingerprint density at radius 2 is 2.08 bits per heavy atom. The average molecular weight is 165 g/mol. The van der Waals surface area contributed by atoms with Gasteiger partial charge in [0.2, 0.25) is 0 Å². The molecule has 0 amide bonds. The minimum absolute atomic E-state index is 0.725. The van der Waals surface area contributed by atoms with Crippen LogP contribution in [-0.4, -0.2) is 20.0 Å². The maximum Gasteiger partial charge on any atom is 0.349 e. The smallest absolute Gasteiger partial charge is 0.349 e. The summed E-state index contributed by atoms with van der Waals surface area (Å²) in [7, 11) is 3.25. The largest absolute Gasteiger partial charge is 0.496 e. The summed E-state index contributed by atoms with van der Waals surface area (Å²) < 4.78 is 10.2. The highest BCUT2D eigenvalue weighted by Crippen LogP contribution is 2.23. The van der Waals surface area contributed by atoms with Crippen molar-refractivity contribution < 1.29 is 9.16 Å². The fraction of sp³-hybridized carbons (Fsp3) is 0.300. The van der Waals surface area contributed by atoms with Crippen molar-refractivity contribution in [2.24, 2.45) is 0 Å². The lowest BCUT2D eigenvalue weighted by molar-refractivity contribution is -0.418. The first-order chi connectivity index (χ1) is 5.69. The number of methoxy groups -OCH3 is 1. The van der Waals surface area contributed by atoms with Crippen molar-refractivity contribution in [2.75, 3.05) is 14.2 Å². The first-order valence-corrected chi connectivity index (χ1v) is 3.72. The van der Waals surface area contributed by atoms with E-state index in [9.17, 15) is 0 Å². The Labute approximate surface area is 72.5 Å². The topological polar surface area (TPSA) is 20.5 Å². The third-order valence-electron chi connectivity index (χ3n) is 1.83. The molecule has 0 fully saturated rings. The van der Waals surface area contributed by atoms with E-state index in [1.165, 1.54) is 0 Å². The quantitative estimate of drug-likeness (QED) is 0.428. The van der Waals surface area contributed by atoms with E-state index in [-0.39, 0.29) is 0 Å². The van der Waals surface area contributed by atoms with Gasteiger partial charge in [-0.25, -0.2) is 0 Å². The normalized spacial score (nSPS) is 21.2. The van der Waals surface area contributed by atoms with E-state index < -0.39 is 0 Å². The molecule has 0 atom stereocenters. The standard InChI is InChI=1S/C10H13O2/c1-7-5-8(2)10(12-4)6-9(7)11-3/h6H,1-2,5H2,3-4H3/q+1. The predicted molar refractivity (Wildman–Crippen MR) is 48.9 cm³/mol. The minimum atomic E-state index is 0.725. The Morgan fingerprint density at radius 3 is 2.58 bits per heavy atom. The van der Waals surface area contributed by atoms with E-state index in [0.717, 1.165) is 29.1 Å². The number of ketones is 1. The zero-order valence-corrected chi connectivity index (χ0v) is 7.52. The molecule has 1 aliphatic rings. The van der Waals surface area contributed by atoms with Crippen molar-refractivity contribution in [3.05, 3.63) is 36.1 Å². The van der Waals surface area contributed by atoms with Gasteiger partial charge in [-0.15, -0.1) is 0 Å². The highest BCUT2D eigenvalue weighted by molar-refractivity contribution is 6.06. The highest BCUT2D eigenvalue weighted by atomic mass is 16.5. The Bertz CT molecular complexity index is 282. The second-order valence-electron chi connectivity index (χ2n) is 2.66. The summed E-state index contributed by atoms with van der Waals surface area (Å²) in [5.74, 6) is 1.55. The van der Waals surface area contributed by atoms with Gasteiger partial charge < -0.3 is 4.74 Å². The van der Waals surface area contributed by atoms with Gasteiger partial charge in [0.25, 0.3) is 7.11 Å². The van der Waals surface area contributed by atoms with Gasteiger partial charge in [0.1, 0.15) is 5.76 Å². The first-order valence-electron chi connectivity index (χ1n) is 3.72. The molecule has 0 unspecified atom stereocenters. The molecule has 2 heteroatoms. The summed E-state index contributed by atoms with van der Waals surface area (Å²) >= 11 is 0. The molecule has 64 valence electrons. The van der Waals surface area contributed by atoms with E-state index >= 15 is 0 Å². The molecule has 0 saturated heterocycles. The van der Waals surface area contributed by atoms with Gasteiger partial charge in [0.15, 0.2) is 0 Å². The summed E-state index contributed by atoms with van der Waals surface area (Å²) in [6.07, 6.45) is 2.54. The van der Waals surface area contributed by atoms with Gasteiger partial charge in [0.05, 0.1) is 18.8 Å². The summed E-state index contributed by atoms with van der Waals surface area (Å²) in [6.45, 7) is 7.73. The fourth-order valence-electron chi connectivity index (χ4n) is 1.16. The summed E-state index contributed by atoms with van der Waals surface area (Å²) in [5, 5.41) is 0. The Balaban J connectivity index is 3.03. The summed E-state index contributed by atoms with van der Waals surface area (Å²) in [6, 6.07) is 0. The van der Waals surface area contributed by atoms with Crippen LogP contribution in [0.2, 0.25) is 0 Å². The maximum absolute atomic E-state index is 5.10. The molecule has 0 radical (unpaired) electrons. The molecule has 0 spiro atoms. The SMILES string of the molecule is C=C1CC(=C)C(=[O+]C)C=C1OC. The number of hydrogen-bond acceptors (Lipinski definition) is 1. The molecule has 0 heterocycles. The molecule has 0 aromatic heterocycles. The lowest BCUT2D eigenvalue weighted by atomic mass is 9.96. The van der Waals surface area contributed by atoms with Crippen LogP contribution in [0.15, 0.2) is 36.1 Å². The van der Waals surface area contributed by atoms with Crippen LogP contribution in [0, 0.1) is 0 Å². The van der Waals surface area contributed by atoms with Crippen LogP contribution in [-0.2, 0) is 9.16 Å². The zero-order chi connectivity index (χ0) is 9.14. The Kier molecular flexibility index (Phi) is 2.48. The van der Waals surface area contributed by atoms with Crippen molar-refractivity contribution >= 4 is 5.78 Å². The maximum atomic E-state index is 5.10. The fourth-order valence-corrected chi connectivity index (χ4v) is 1.16. The molecule has 0 aromatic rings. The van der Waals surface area contributed by atoms with Crippen LogP contribution in [0.5, 0.6) is 0 Å². The lowest BCUT2D eigenvalue weighted by Gasteiger charge is -2.12. The first kappa shape index (κ1) is 8.78. The molecular formula is C10H13O2+. The van der Waals surface area contributed by atoms with E-state index in [4.69, 9.17) is 9.16 Å². The number of ether oxygens (including phenoxy) is 1. The molecule has 0 saturated carbocycles. The van der Waals surface area contributed by atoms with Gasteiger partial charge in [-0.3, -0.25) is 4.42 Å². The molecule has 12 heavy (non-hydrogen) atoms. The molecule has 1 rings (SSSR count). The van der Waals surface area contributed by atoms with Crippen molar-refractivity contribution in [1.29, 1.82) is 0 Å². The van der Waals surface area contributed by atoms with Gasteiger partial charge in [-0.1, -0.05) is 13.2 Å². The number of hydrogen-bond donors (Lipinski definition) is 0. The van der Waals surface area contributed by atoms with E-state index in [2.05, 4.69) is 13.2 Å². The Morgan fingerprint density at radius 1 is 1.42 bits per heavy atom. The Hall–Kier alpha value is -1.31. The minimum Gasteiger partial charge on any atom is -0.496 e. The third kappa shape index (κ3) is 1.47. The number of carbonyl (C=O) groups excluding carboxylic acids is 1. The van der Waals surface area contributed by atoms with Crippen molar-refractivity contribution in [1.82, 2.24) is 0 Å². The van der Waals surface area contributed by atoms with Crippen molar-refractivity contribution in [3.8, 4) is 0 Å². The van der Waals surface area contributed by atoms with Gasteiger partial charge >= 0.3 is 5.78 Å². The van der Waals surface area contributed by atoms with Gasteiger partial charge in [-0.2, -0.15) is 0 Å². The monoisotopic (exact) mass is 165 g/mol. The third-order valence-corrected chi connectivity index (χ3v) is 1.83. The van der Waals surface area contributed by atoms with E-state index in [1.807, 2.05) is 6.08 Å². The van der Waals surface area contributed by atoms with Crippen LogP contribution in [0.4, 0.5) is 0 Å². The number of allylic oxidation sites excluding steroid dienone is 3. The molecule has 0 aromatic carbocycles. The van der Waals surface area contributed by atoms with Crippen molar-refractivity contribution in [2.45, 2.75) is 6.42 Å². The zero-order valence-electron chi connectivity index (χ0n) is 7.52. The van der Waals surface area contributed by atoms with Crippen LogP contribution >= 0.6 is 0 Å². The molecule has 0 N–H and O–H groups in total. The van der Waals surface area contributed by atoms with Gasteiger partial charge in [-0.05, 0) is 5.57 Å². The average Bonchev–Trinajstić information content (AvgIpc) is 2.05. The molecule has 2 nitrogen and oxygen atoms in total. The van der Waals surface area contributed by atoms with Crippen LogP contribution in [0.1, 0.15) is 6.42 Å². The van der Waals surface area contributed by atoms with E-state index in [1.54, 1.807) is 14.2 Å². The summed E-state index contributed by atoms with van der Waals surface area (Å²) in [4.78, 5) is 0.